The van der Waals surface area contributed by atoms with Crippen LogP contribution in [0.5, 0.6) is 0 Å². The maximum atomic E-state index is 13.7. The van der Waals surface area contributed by atoms with E-state index in [4.69, 9.17) is 4.98 Å². The number of carbonyl (C=O) groups excluding carboxylic acids is 1. The maximum Gasteiger partial charge on any atom is 0.274 e. The average molecular weight is 455 g/mol. The predicted molar refractivity (Wildman–Crippen MR) is 133 cm³/mol. The van der Waals surface area contributed by atoms with Gasteiger partial charge in [0.2, 0.25) is 5.91 Å². The van der Waals surface area contributed by atoms with Crippen molar-refractivity contribution in [1.29, 1.82) is 0 Å². The molecule has 2 heterocycles. The summed E-state index contributed by atoms with van der Waals surface area (Å²) in [7, 11) is 1.61. The van der Waals surface area contributed by atoms with Crippen LogP contribution >= 0.6 is 11.3 Å². The number of hydrogen-bond donors (Lipinski definition) is 0. The number of aryl methyl sites for hydroxylation is 2. The van der Waals surface area contributed by atoms with Gasteiger partial charge in [0, 0.05) is 12.4 Å². The molecule has 0 aliphatic heterocycles. The second-order valence-corrected chi connectivity index (χ2v) is 8.99. The Bertz CT molecular complexity index is 1540. The first-order valence-corrected chi connectivity index (χ1v) is 11.5. The third kappa shape index (κ3) is 4.03. The molecule has 0 aliphatic carbocycles. The Labute approximate surface area is 194 Å². The summed E-state index contributed by atoms with van der Waals surface area (Å²) in [6.07, 6.45) is 0.0658. The quantitative estimate of drug-likeness (QED) is 0.388. The van der Waals surface area contributed by atoms with Crippen molar-refractivity contribution in [3.8, 4) is 0 Å². The first kappa shape index (κ1) is 21.0. The van der Waals surface area contributed by atoms with Crippen LogP contribution in [0.2, 0.25) is 0 Å². The first-order valence-electron chi connectivity index (χ1n) is 10.7. The molecule has 0 fully saturated rings. The van der Waals surface area contributed by atoms with Crippen LogP contribution in [-0.2, 0) is 24.8 Å². The lowest BCUT2D eigenvalue weighted by Gasteiger charge is -2.20. The number of amides is 1. The van der Waals surface area contributed by atoms with Crippen molar-refractivity contribution in [3.63, 3.8) is 0 Å². The SMILES string of the molecule is Cc1cccc2sc(N(Cc3ccccc3)C(=O)Cc3nn(C)c(=O)c4ccccc34)nc12. The summed E-state index contributed by atoms with van der Waals surface area (Å²) < 4.78 is 2.34. The van der Waals surface area contributed by atoms with Gasteiger partial charge in [-0.25, -0.2) is 9.67 Å². The highest BCUT2D eigenvalue weighted by Crippen LogP contribution is 2.32. The highest BCUT2D eigenvalue weighted by atomic mass is 32.1. The van der Waals surface area contributed by atoms with Gasteiger partial charge >= 0.3 is 0 Å². The molecular formula is C26H22N4O2S. The lowest BCUT2D eigenvalue weighted by atomic mass is 10.1. The van der Waals surface area contributed by atoms with Crippen molar-refractivity contribution >= 4 is 43.4 Å². The van der Waals surface area contributed by atoms with Crippen molar-refractivity contribution < 1.29 is 4.79 Å². The smallest absolute Gasteiger partial charge is 0.274 e. The summed E-state index contributed by atoms with van der Waals surface area (Å²) in [4.78, 5) is 32.7. The van der Waals surface area contributed by atoms with E-state index in [0.717, 1.165) is 21.3 Å². The fraction of sp³-hybridized carbons (Fsp3) is 0.154. The molecule has 5 rings (SSSR count). The van der Waals surface area contributed by atoms with E-state index < -0.39 is 0 Å². The lowest BCUT2D eigenvalue weighted by molar-refractivity contribution is -0.118. The Morgan fingerprint density at radius 1 is 0.970 bits per heavy atom. The van der Waals surface area contributed by atoms with E-state index in [0.29, 0.717) is 28.1 Å². The molecule has 0 saturated carbocycles. The van der Waals surface area contributed by atoms with Gasteiger partial charge in [-0.3, -0.25) is 14.5 Å². The summed E-state index contributed by atoms with van der Waals surface area (Å²) in [5.74, 6) is -0.119. The highest BCUT2D eigenvalue weighted by Gasteiger charge is 2.23. The van der Waals surface area contributed by atoms with E-state index in [1.807, 2.05) is 73.7 Å². The van der Waals surface area contributed by atoms with Crippen LogP contribution in [0.15, 0.2) is 77.6 Å². The van der Waals surface area contributed by atoms with Gasteiger partial charge in [0.15, 0.2) is 5.13 Å². The number of fused-ring (bicyclic) bond motifs is 2. The first-order chi connectivity index (χ1) is 16.0. The standard InChI is InChI=1S/C26H22N4O2S/c1-17-9-8-14-22-24(17)27-26(33-22)30(16-18-10-4-3-5-11-18)23(31)15-21-19-12-6-7-13-20(19)25(32)29(2)28-21/h3-14H,15-16H2,1-2H3. The number of rotatable bonds is 5. The molecule has 164 valence electrons. The van der Waals surface area contributed by atoms with E-state index in [9.17, 15) is 9.59 Å². The van der Waals surface area contributed by atoms with Gasteiger partial charge in [0.25, 0.3) is 5.56 Å². The molecule has 0 bridgehead atoms. The molecule has 0 atom stereocenters. The van der Waals surface area contributed by atoms with E-state index in [1.54, 1.807) is 18.0 Å². The van der Waals surface area contributed by atoms with Gasteiger partial charge in [0.05, 0.1) is 34.3 Å². The molecule has 7 heteroatoms. The Kier molecular flexibility index (Phi) is 5.48. The molecule has 2 aromatic heterocycles. The summed E-state index contributed by atoms with van der Waals surface area (Å²) in [5.41, 5.74) is 3.40. The number of hydrogen-bond acceptors (Lipinski definition) is 5. The second-order valence-electron chi connectivity index (χ2n) is 7.98. The molecule has 5 aromatic rings. The average Bonchev–Trinajstić information content (AvgIpc) is 3.27. The number of carbonyl (C=O) groups is 1. The number of benzene rings is 3. The van der Waals surface area contributed by atoms with Crippen LogP contribution in [0, 0.1) is 6.92 Å². The van der Waals surface area contributed by atoms with E-state index in [2.05, 4.69) is 5.10 Å². The molecule has 3 aromatic carbocycles. The minimum absolute atomic E-state index is 0.0658. The number of para-hydroxylation sites is 1. The third-order valence-corrected chi connectivity index (χ3v) is 6.72. The Balaban J connectivity index is 1.57. The molecule has 0 unspecified atom stereocenters. The molecule has 1 amide bonds. The van der Waals surface area contributed by atoms with Crippen LogP contribution < -0.4 is 10.5 Å². The van der Waals surface area contributed by atoms with Crippen LogP contribution in [-0.4, -0.2) is 20.7 Å². The monoisotopic (exact) mass is 454 g/mol. The number of nitrogens with zero attached hydrogens (tertiary/aromatic N) is 4. The molecule has 6 nitrogen and oxygen atoms in total. The zero-order valence-electron chi connectivity index (χ0n) is 18.4. The van der Waals surface area contributed by atoms with Gasteiger partial charge in [-0.2, -0.15) is 5.10 Å². The van der Waals surface area contributed by atoms with E-state index >= 15 is 0 Å². The Morgan fingerprint density at radius 2 is 1.70 bits per heavy atom. The van der Waals surface area contributed by atoms with Crippen molar-refractivity contribution in [2.24, 2.45) is 7.05 Å². The Hall–Kier alpha value is -3.84. The zero-order chi connectivity index (χ0) is 22.9. The zero-order valence-corrected chi connectivity index (χ0v) is 19.2. The lowest BCUT2D eigenvalue weighted by Crippen LogP contribution is -2.33. The predicted octanol–water partition coefficient (Wildman–Crippen LogP) is 4.63. The minimum atomic E-state index is -0.176. The van der Waals surface area contributed by atoms with Crippen LogP contribution in [0.4, 0.5) is 5.13 Å². The van der Waals surface area contributed by atoms with Crippen LogP contribution in [0.1, 0.15) is 16.8 Å². The molecular weight excluding hydrogens is 432 g/mol. The topological polar surface area (TPSA) is 68.1 Å². The van der Waals surface area contributed by atoms with Gasteiger partial charge in [-0.15, -0.1) is 0 Å². The van der Waals surface area contributed by atoms with E-state index in [-0.39, 0.29) is 17.9 Å². The maximum absolute atomic E-state index is 13.7. The van der Waals surface area contributed by atoms with Gasteiger partial charge in [-0.05, 0) is 30.2 Å². The van der Waals surface area contributed by atoms with Gasteiger partial charge in [0.1, 0.15) is 0 Å². The highest BCUT2D eigenvalue weighted by molar-refractivity contribution is 7.22. The summed E-state index contributed by atoms with van der Waals surface area (Å²) in [6.45, 7) is 2.43. The minimum Gasteiger partial charge on any atom is -0.283 e. The van der Waals surface area contributed by atoms with Gasteiger partial charge in [-0.1, -0.05) is 72.0 Å². The molecule has 0 N–H and O–H groups in total. The largest absolute Gasteiger partial charge is 0.283 e. The van der Waals surface area contributed by atoms with Crippen LogP contribution in [0.25, 0.3) is 21.0 Å². The number of thiazole rings is 1. The molecule has 0 saturated heterocycles. The fourth-order valence-corrected chi connectivity index (χ4v) is 5.02. The molecule has 33 heavy (non-hydrogen) atoms. The molecule has 0 aliphatic rings. The second kappa shape index (κ2) is 8.60. The number of anilines is 1. The third-order valence-electron chi connectivity index (χ3n) is 5.68. The fourth-order valence-electron chi connectivity index (χ4n) is 3.96. The summed E-state index contributed by atoms with van der Waals surface area (Å²) in [6, 6.07) is 23.2. The summed E-state index contributed by atoms with van der Waals surface area (Å²) >= 11 is 1.51. The Morgan fingerprint density at radius 3 is 2.45 bits per heavy atom. The van der Waals surface area contributed by atoms with Crippen molar-refractivity contribution in [2.75, 3.05) is 4.90 Å². The number of aromatic nitrogens is 3. The molecule has 0 radical (unpaired) electrons. The molecule has 0 spiro atoms. The van der Waals surface area contributed by atoms with Crippen molar-refractivity contribution in [1.82, 2.24) is 14.8 Å². The normalized spacial score (nSPS) is 11.2. The van der Waals surface area contributed by atoms with Crippen LogP contribution in [0.3, 0.4) is 0 Å². The van der Waals surface area contributed by atoms with E-state index in [1.165, 1.54) is 16.0 Å². The van der Waals surface area contributed by atoms with Gasteiger partial charge < -0.3 is 0 Å². The summed E-state index contributed by atoms with van der Waals surface area (Å²) in [5, 5.41) is 6.34. The van der Waals surface area contributed by atoms with Crippen molar-refractivity contribution in [2.45, 2.75) is 19.9 Å². The van der Waals surface area contributed by atoms with Crippen molar-refractivity contribution in [3.05, 3.63) is 100.0 Å².